The molecule has 15 heavy (non-hydrogen) atoms. The van der Waals surface area contributed by atoms with Crippen molar-refractivity contribution in [3.05, 3.63) is 48.5 Å². The highest BCUT2D eigenvalue weighted by atomic mass is 16.4. The van der Waals surface area contributed by atoms with Gasteiger partial charge >= 0.3 is 7.69 Å². The van der Waals surface area contributed by atoms with Gasteiger partial charge in [0.1, 0.15) is 0 Å². The minimum atomic E-state index is -0.750. The molecule has 0 spiro atoms. The number of fused-ring (bicyclic) bond motifs is 1. The molecule has 2 aliphatic carbocycles. The maximum absolute atomic E-state index is 7.12. The van der Waals surface area contributed by atoms with E-state index >= 15 is 0 Å². The molecule has 0 amide bonds. The van der Waals surface area contributed by atoms with E-state index in [1.807, 2.05) is 6.07 Å². The highest BCUT2D eigenvalue weighted by molar-refractivity contribution is 6.13. The van der Waals surface area contributed by atoms with E-state index in [1.165, 1.54) is 22.3 Å². The van der Waals surface area contributed by atoms with Gasteiger partial charge in [0, 0.05) is 0 Å². The zero-order valence-electron chi connectivity index (χ0n) is 8.22. The van der Waals surface area contributed by atoms with Crippen LogP contribution in [-0.4, -0.2) is 17.7 Å². The summed E-state index contributed by atoms with van der Waals surface area (Å²) in [6.45, 7) is 0. The molecule has 2 nitrogen and oxygen atoms in total. The Hall–Kier alpha value is -1.58. The summed E-state index contributed by atoms with van der Waals surface area (Å²) in [6, 6.07) is 17.2. The van der Waals surface area contributed by atoms with Crippen LogP contribution in [0, 0.1) is 0 Å². The van der Waals surface area contributed by atoms with Crippen molar-refractivity contribution in [3.63, 3.8) is 0 Å². The molecule has 0 unspecified atom stereocenters. The van der Waals surface area contributed by atoms with Crippen molar-refractivity contribution in [3.8, 4) is 22.3 Å². The van der Waals surface area contributed by atoms with Crippen LogP contribution in [0.1, 0.15) is 0 Å². The quantitative estimate of drug-likeness (QED) is 0.582. The zero-order valence-corrected chi connectivity index (χ0v) is 8.22. The summed E-state index contributed by atoms with van der Waals surface area (Å²) in [5.74, 6) is 0. The monoisotopic (exact) mass is 198 g/mol. The highest BCUT2D eigenvalue weighted by Gasteiger charge is 2.14. The van der Waals surface area contributed by atoms with Crippen LogP contribution in [0.15, 0.2) is 48.5 Å². The van der Waals surface area contributed by atoms with E-state index in [4.69, 9.17) is 10.0 Å². The number of hydrogen-bond donors (Lipinski definition) is 2. The van der Waals surface area contributed by atoms with Crippen LogP contribution in [-0.2, 0) is 0 Å². The molecule has 1 aromatic rings. The summed E-state index contributed by atoms with van der Waals surface area (Å²) in [5.41, 5.74) is 5.49. The Morgan fingerprint density at radius 1 is 0.667 bits per heavy atom. The maximum Gasteiger partial charge on any atom is 0.432 e. The Morgan fingerprint density at radius 2 is 1.07 bits per heavy atom. The van der Waals surface area contributed by atoms with Gasteiger partial charge in [0.2, 0.25) is 0 Å². The van der Waals surface area contributed by atoms with Gasteiger partial charge in [-0.25, -0.2) is 0 Å². The Bertz CT molecular complexity index is 434. The Labute approximate surface area is 89.1 Å². The lowest BCUT2D eigenvalue weighted by Crippen LogP contribution is -1.75. The number of hydrogen-bond acceptors (Lipinski definition) is 2. The predicted molar refractivity (Wildman–Crippen MR) is 62.5 cm³/mol. The van der Waals surface area contributed by atoms with Gasteiger partial charge in [-0.15, -0.1) is 0 Å². The largest absolute Gasteiger partial charge is 0.432 e. The average molecular weight is 198 g/mol. The fraction of sp³-hybridized carbons (Fsp3) is 0. The third-order valence-electron chi connectivity index (χ3n) is 2.29. The predicted octanol–water partition coefficient (Wildman–Crippen LogP) is 1.57. The molecule has 1 aromatic carbocycles. The van der Waals surface area contributed by atoms with E-state index < -0.39 is 7.69 Å². The fourth-order valence-electron chi connectivity index (χ4n) is 1.56. The van der Waals surface area contributed by atoms with Crippen LogP contribution in [0.3, 0.4) is 0 Å². The molecule has 74 valence electrons. The first kappa shape index (κ1) is 9.96. The molecule has 0 heterocycles. The van der Waals surface area contributed by atoms with Crippen molar-refractivity contribution in [2.75, 3.05) is 0 Å². The summed E-state index contributed by atoms with van der Waals surface area (Å²) in [6.07, 6.45) is 0. The topological polar surface area (TPSA) is 40.5 Å². The minimum absolute atomic E-state index is 0.750. The van der Waals surface area contributed by atoms with Gasteiger partial charge in [-0.3, -0.25) is 0 Å². The summed E-state index contributed by atoms with van der Waals surface area (Å²) >= 11 is 0. The smallest absolute Gasteiger partial charge is 0.430 e. The third-order valence-corrected chi connectivity index (χ3v) is 2.29. The molecule has 3 heteroatoms. The van der Waals surface area contributed by atoms with Crippen LogP contribution in [0.2, 0.25) is 0 Å². The van der Waals surface area contributed by atoms with Crippen molar-refractivity contribution in [2.24, 2.45) is 0 Å². The van der Waals surface area contributed by atoms with Crippen LogP contribution >= 0.6 is 0 Å². The summed E-state index contributed by atoms with van der Waals surface area (Å²) < 4.78 is 0. The second-order valence-electron chi connectivity index (χ2n) is 3.31. The summed E-state index contributed by atoms with van der Waals surface area (Å²) in [7, 11) is -0.750. The summed E-state index contributed by atoms with van der Waals surface area (Å²) in [5, 5.41) is 14.2. The molecule has 0 aliphatic heterocycles. The lowest BCUT2D eigenvalue weighted by molar-refractivity contribution is 0.448. The molecule has 0 bridgehead atoms. The standard InChI is InChI=1S/C12H8.BH3O2/c1-2-4-9(5-3-1)10-6-11-8-12(11)7-10;2-1-3/h1-8H;1-3H. The second kappa shape index (κ2) is 4.30. The SMILES string of the molecule is OBO.c1ccc(-c2cc3cc-3c2)cc1. The third kappa shape index (κ3) is 2.26. The van der Waals surface area contributed by atoms with Crippen LogP contribution in [0.4, 0.5) is 0 Å². The second-order valence-corrected chi connectivity index (χ2v) is 3.31. The molecule has 2 aliphatic rings. The van der Waals surface area contributed by atoms with Gasteiger partial charge in [-0.2, -0.15) is 0 Å². The number of benzene rings is 2. The Balaban J connectivity index is 0.000000258. The van der Waals surface area contributed by atoms with E-state index in [0.29, 0.717) is 0 Å². The van der Waals surface area contributed by atoms with Crippen LogP contribution < -0.4 is 0 Å². The van der Waals surface area contributed by atoms with Gasteiger partial charge < -0.3 is 10.0 Å². The molecule has 0 aromatic heterocycles. The molecule has 0 saturated heterocycles. The van der Waals surface area contributed by atoms with E-state index in [-0.39, 0.29) is 0 Å². The van der Waals surface area contributed by atoms with Gasteiger partial charge in [-0.05, 0) is 40.5 Å². The lowest BCUT2D eigenvalue weighted by atomic mass is 10.1. The van der Waals surface area contributed by atoms with E-state index in [9.17, 15) is 0 Å². The zero-order chi connectivity index (χ0) is 10.7. The van der Waals surface area contributed by atoms with E-state index in [1.54, 1.807) is 0 Å². The number of rotatable bonds is 1. The first-order valence-electron chi connectivity index (χ1n) is 4.78. The Morgan fingerprint density at radius 3 is 1.53 bits per heavy atom. The molecule has 0 fully saturated rings. The van der Waals surface area contributed by atoms with E-state index in [0.717, 1.165) is 0 Å². The molecular formula is C12H11BO2. The average Bonchev–Trinajstić information content (AvgIpc) is 2.88. The van der Waals surface area contributed by atoms with Crippen molar-refractivity contribution >= 4 is 7.69 Å². The molecule has 0 radical (unpaired) electrons. The van der Waals surface area contributed by atoms with Crippen molar-refractivity contribution in [1.29, 1.82) is 0 Å². The molecule has 3 rings (SSSR count). The first-order valence-corrected chi connectivity index (χ1v) is 4.78. The van der Waals surface area contributed by atoms with Crippen molar-refractivity contribution in [1.82, 2.24) is 0 Å². The minimum Gasteiger partial charge on any atom is -0.430 e. The van der Waals surface area contributed by atoms with Gasteiger partial charge in [0.05, 0.1) is 0 Å². The van der Waals surface area contributed by atoms with Crippen molar-refractivity contribution < 1.29 is 10.0 Å². The van der Waals surface area contributed by atoms with Gasteiger partial charge in [0.25, 0.3) is 0 Å². The molecule has 0 atom stereocenters. The fourth-order valence-corrected chi connectivity index (χ4v) is 1.56. The summed E-state index contributed by atoms with van der Waals surface area (Å²) in [4.78, 5) is 0. The molecular weight excluding hydrogens is 187 g/mol. The van der Waals surface area contributed by atoms with Gasteiger partial charge in [-0.1, -0.05) is 30.3 Å². The van der Waals surface area contributed by atoms with Crippen LogP contribution in [0.5, 0.6) is 0 Å². The molecule has 2 N–H and O–H groups in total. The lowest BCUT2D eigenvalue weighted by Gasteiger charge is -1.94. The Kier molecular flexibility index (Phi) is 2.85. The van der Waals surface area contributed by atoms with Gasteiger partial charge in [0.15, 0.2) is 0 Å². The van der Waals surface area contributed by atoms with Crippen LogP contribution in [0.25, 0.3) is 22.3 Å². The first-order chi connectivity index (χ1) is 7.35. The molecule has 0 saturated carbocycles. The maximum atomic E-state index is 7.12. The normalized spacial score (nSPS) is 10.0. The highest BCUT2D eigenvalue weighted by Crippen LogP contribution is 2.40. The van der Waals surface area contributed by atoms with E-state index in [2.05, 4.69) is 42.5 Å². The van der Waals surface area contributed by atoms with Crippen molar-refractivity contribution in [2.45, 2.75) is 0 Å².